The summed E-state index contributed by atoms with van der Waals surface area (Å²) >= 11 is 0. The molecule has 0 atom stereocenters. The minimum absolute atomic E-state index is 0.247. The molecule has 2 rings (SSSR count). The zero-order chi connectivity index (χ0) is 14.9. The summed E-state index contributed by atoms with van der Waals surface area (Å²) < 4.78 is 5.61. The molecule has 0 aromatic heterocycles. The third-order valence-corrected chi connectivity index (χ3v) is 3.57. The van der Waals surface area contributed by atoms with E-state index in [2.05, 4.69) is 31.2 Å². The monoisotopic (exact) mass is 284 g/mol. The Labute approximate surface area is 127 Å². The van der Waals surface area contributed by atoms with Gasteiger partial charge in [0, 0.05) is 0 Å². The molecule has 0 aliphatic rings. The predicted octanol–water partition coefficient (Wildman–Crippen LogP) is 4.75. The van der Waals surface area contributed by atoms with Gasteiger partial charge in [-0.05, 0) is 42.5 Å². The van der Waals surface area contributed by atoms with Crippen molar-refractivity contribution in [2.24, 2.45) is 0 Å². The number of hydrogen-bond donors (Lipinski definition) is 1. The Kier molecular flexibility index (Phi) is 6.14. The van der Waals surface area contributed by atoms with E-state index in [-0.39, 0.29) is 5.75 Å². The topological polar surface area (TPSA) is 29.5 Å². The number of aromatic hydroxyl groups is 1. The molecule has 0 aliphatic heterocycles. The maximum atomic E-state index is 10.0. The lowest BCUT2D eigenvalue weighted by Gasteiger charge is -2.09. The van der Waals surface area contributed by atoms with E-state index >= 15 is 0 Å². The van der Waals surface area contributed by atoms with Crippen LogP contribution in [0.25, 0.3) is 0 Å². The van der Waals surface area contributed by atoms with Crippen LogP contribution in [0.3, 0.4) is 0 Å². The Morgan fingerprint density at radius 2 is 1.67 bits per heavy atom. The summed E-state index contributed by atoms with van der Waals surface area (Å²) in [6.45, 7) is 2.84. The van der Waals surface area contributed by atoms with Gasteiger partial charge in [0.1, 0.15) is 0 Å². The molecule has 1 N–H and O–H groups in total. The maximum absolute atomic E-state index is 10.0. The minimum atomic E-state index is 0.247. The first kappa shape index (κ1) is 15.4. The molecule has 2 aromatic carbocycles. The lowest BCUT2D eigenvalue weighted by molar-refractivity contribution is 0.290. The lowest BCUT2D eigenvalue weighted by Crippen LogP contribution is -1.98. The fourth-order valence-electron chi connectivity index (χ4n) is 2.31. The number of unbranched alkanes of at least 4 members (excludes halogenated alkanes) is 2. The van der Waals surface area contributed by atoms with Gasteiger partial charge in [-0.15, -0.1) is 0 Å². The molecule has 0 aliphatic carbocycles. The Morgan fingerprint density at radius 3 is 2.38 bits per heavy atom. The van der Waals surface area contributed by atoms with Crippen molar-refractivity contribution >= 4 is 0 Å². The van der Waals surface area contributed by atoms with Crippen molar-refractivity contribution in [3.05, 3.63) is 59.7 Å². The number of aryl methyl sites for hydroxylation is 2. The highest BCUT2D eigenvalue weighted by Gasteiger charge is 2.04. The molecule has 0 saturated heterocycles. The SMILES string of the molecule is CCCCCOc1ccc(CCc2ccccc2)cc1O. The van der Waals surface area contributed by atoms with Gasteiger partial charge >= 0.3 is 0 Å². The van der Waals surface area contributed by atoms with Gasteiger partial charge in [-0.2, -0.15) is 0 Å². The third-order valence-electron chi connectivity index (χ3n) is 3.57. The van der Waals surface area contributed by atoms with E-state index in [1.54, 1.807) is 0 Å². The third kappa shape index (κ3) is 5.14. The summed E-state index contributed by atoms with van der Waals surface area (Å²) in [5.41, 5.74) is 2.45. The van der Waals surface area contributed by atoms with Crippen LogP contribution in [0.4, 0.5) is 0 Å². The van der Waals surface area contributed by atoms with Gasteiger partial charge in [-0.3, -0.25) is 0 Å². The Hall–Kier alpha value is -1.96. The van der Waals surface area contributed by atoms with Gasteiger partial charge in [0.25, 0.3) is 0 Å². The van der Waals surface area contributed by atoms with Crippen LogP contribution in [0.15, 0.2) is 48.5 Å². The van der Waals surface area contributed by atoms with Crippen molar-refractivity contribution in [3.8, 4) is 11.5 Å². The summed E-state index contributed by atoms with van der Waals surface area (Å²) in [5, 5.41) is 10.0. The first-order chi connectivity index (χ1) is 10.3. The minimum Gasteiger partial charge on any atom is -0.504 e. The van der Waals surface area contributed by atoms with Crippen LogP contribution in [0, 0.1) is 0 Å². The number of phenolic OH excluding ortho intramolecular Hbond substituents is 1. The summed E-state index contributed by atoms with van der Waals surface area (Å²) in [7, 11) is 0. The second-order valence-electron chi connectivity index (χ2n) is 5.34. The molecule has 0 bridgehead atoms. The molecule has 0 spiro atoms. The van der Waals surface area contributed by atoms with Crippen LogP contribution in [-0.2, 0) is 12.8 Å². The maximum Gasteiger partial charge on any atom is 0.160 e. The van der Waals surface area contributed by atoms with Gasteiger partial charge in [-0.25, -0.2) is 0 Å². The van der Waals surface area contributed by atoms with E-state index in [1.807, 2.05) is 24.3 Å². The molecule has 0 amide bonds. The predicted molar refractivity (Wildman–Crippen MR) is 87.0 cm³/mol. The van der Waals surface area contributed by atoms with E-state index in [4.69, 9.17) is 4.74 Å². The molecule has 21 heavy (non-hydrogen) atoms. The highest BCUT2D eigenvalue weighted by molar-refractivity contribution is 5.42. The Balaban J connectivity index is 1.86. The molecular formula is C19H24O2. The van der Waals surface area contributed by atoms with Crippen LogP contribution in [0.1, 0.15) is 37.3 Å². The number of ether oxygens (including phenoxy) is 1. The Morgan fingerprint density at radius 1 is 0.905 bits per heavy atom. The van der Waals surface area contributed by atoms with Gasteiger partial charge < -0.3 is 9.84 Å². The molecule has 0 fully saturated rings. The smallest absolute Gasteiger partial charge is 0.160 e. The fourth-order valence-corrected chi connectivity index (χ4v) is 2.31. The standard InChI is InChI=1S/C19H24O2/c1-2-3-7-14-21-19-13-12-17(15-18(19)20)11-10-16-8-5-4-6-9-16/h4-6,8-9,12-13,15,20H,2-3,7,10-11,14H2,1H3. The van der Waals surface area contributed by atoms with E-state index < -0.39 is 0 Å². The zero-order valence-corrected chi connectivity index (χ0v) is 12.7. The molecule has 2 heteroatoms. The number of hydrogen-bond acceptors (Lipinski definition) is 2. The second kappa shape index (κ2) is 8.35. The lowest BCUT2D eigenvalue weighted by atomic mass is 10.0. The van der Waals surface area contributed by atoms with Crippen molar-refractivity contribution in [2.75, 3.05) is 6.61 Å². The fraction of sp³-hybridized carbons (Fsp3) is 0.368. The van der Waals surface area contributed by atoms with Crippen molar-refractivity contribution in [3.63, 3.8) is 0 Å². The largest absolute Gasteiger partial charge is 0.504 e. The molecule has 2 aromatic rings. The van der Waals surface area contributed by atoms with Crippen molar-refractivity contribution in [1.29, 1.82) is 0 Å². The molecule has 0 unspecified atom stereocenters. The van der Waals surface area contributed by atoms with Crippen molar-refractivity contribution in [1.82, 2.24) is 0 Å². The van der Waals surface area contributed by atoms with Crippen LogP contribution in [-0.4, -0.2) is 11.7 Å². The molecule has 112 valence electrons. The van der Waals surface area contributed by atoms with Crippen LogP contribution < -0.4 is 4.74 Å². The summed E-state index contributed by atoms with van der Waals surface area (Å²) in [6.07, 6.45) is 5.28. The molecule has 0 saturated carbocycles. The number of benzene rings is 2. The normalized spacial score (nSPS) is 10.5. The van der Waals surface area contributed by atoms with E-state index in [1.165, 1.54) is 12.0 Å². The van der Waals surface area contributed by atoms with Crippen molar-refractivity contribution < 1.29 is 9.84 Å². The zero-order valence-electron chi connectivity index (χ0n) is 12.7. The Bertz CT molecular complexity index is 535. The summed E-state index contributed by atoms with van der Waals surface area (Å²) in [5.74, 6) is 0.839. The van der Waals surface area contributed by atoms with E-state index in [0.717, 1.165) is 31.2 Å². The van der Waals surface area contributed by atoms with Crippen molar-refractivity contribution in [2.45, 2.75) is 39.0 Å². The van der Waals surface area contributed by atoms with Gasteiger partial charge in [0.2, 0.25) is 0 Å². The van der Waals surface area contributed by atoms with Crippen LogP contribution in [0.2, 0.25) is 0 Å². The van der Waals surface area contributed by atoms with Gasteiger partial charge in [0.15, 0.2) is 11.5 Å². The van der Waals surface area contributed by atoms with Gasteiger partial charge in [0.05, 0.1) is 6.61 Å². The van der Waals surface area contributed by atoms with E-state index in [9.17, 15) is 5.11 Å². The highest BCUT2D eigenvalue weighted by Crippen LogP contribution is 2.27. The number of rotatable bonds is 8. The molecular weight excluding hydrogens is 260 g/mol. The second-order valence-corrected chi connectivity index (χ2v) is 5.34. The molecule has 2 nitrogen and oxygen atoms in total. The van der Waals surface area contributed by atoms with Crippen LogP contribution >= 0.6 is 0 Å². The first-order valence-electron chi connectivity index (χ1n) is 7.78. The summed E-state index contributed by atoms with van der Waals surface area (Å²) in [4.78, 5) is 0. The quantitative estimate of drug-likeness (QED) is 0.709. The average molecular weight is 284 g/mol. The van der Waals surface area contributed by atoms with Gasteiger partial charge in [-0.1, -0.05) is 56.2 Å². The highest BCUT2D eigenvalue weighted by atomic mass is 16.5. The molecule has 0 heterocycles. The summed E-state index contributed by atoms with van der Waals surface area (Å²) in [6, 6.07) is 16.1. The van der Waals surface area contributed by atoms with Crippen LogP contribution in [0.5, 0.6) is 11.5 Å². The molecule has 0 radical (unpaired) electrons. The number of phenols is 1. The first-order valence-corrected chi connectivity index (χ1v) is 7.78. The van der Waals surface area contributed by atoms with E-state index in [0.29, 0.717) is 12.4 Å². The average Bonchev–Trinajstić information content (AvgIpc) is 2.52.